The van der Waals surface area contributed by atoms with E-state index in [-0.39, 0.29) is 16.4 Å². The Morgan fingerprint density at radius 2 is 1.52 bits per heavy atom. The van der Waals surface area contributed by atoms with Gasteiger partial charge in [0, 0.05) is 22.0 Å². The average molecular weight is 428 g/mol. The van der Waals surface area contributed by atoms with E-state index in [1.165, 1.54) is 18.2 Å². The molecule has 0 aliphatic carbocycles. The number of nitro groups is 1. The van der Waals surface area contributed by atoms with Crippen molar-refractivity contribution >= 4 is 38.8 Å². The molecule has 0 fully saturated rings. The van der Waals surface area contributed by atoms with Crippen LogP contribution in [0.3, 0.4) is 0 Å². The zero-order valence-electron chi connectivity index (χ0n) is 16.0. The van der Waals surface area contributed by atoms with Crippen molar-refractivity contribution in [3.8, 4) is 16.9 Å². The molecule has 0 atom stereocenters. The lowest BCUT2D eigenvalue weighted by Crippen LogP contribution is -2.23. The summed E-state index contributed by atoms with van der Waals surface area (Å²) >= 11 is 6.11. The fraction of sp³-hybridized carbons (Fsp3) is 0. The average Bonchev–Trinajstić information content (AvgIpc) is 2.79. The largest absolute Gasteiger partial charge is 0.295 e. The van der Waals surface area contributed by atoms with Crippen LogP contribution in [0.4, 0.5) is 5.69 Å². The fourth-order valence-corrected chi connectivity index (χ4v) is 3.97. The van der Waals surface area contributed by atoms with E-state index in [0.29, 0.717) is 16.5 Å². The molecule has 0 spiro atoms. The number of hydrogen-bond acceptors (Lipinski definition) is 4. The lowest BCUT2D eigenvalue weighted by molar-refractivity contribution is -0.384. The van der Waals surface area contributed by atoms with E-state index in [1.54, 1.807) is 12.1 Å². The monoisotopic (exact) mass is 427 g/mol. The molecule has 0 unspecified atom stereocenters. The number of fused-ring (bicyclic) bond motifs is 2. The summed E-state index contributed by atoms with van der Waals surface area (Å²) in [5, 5.41) is 19.6. The molecule has 0 radical (unpaired) electrons. The Balaban J connectivity index is 1.93. The van der Waals surface area contributed by atoms with Crippen LogP contribution in [0, 0.1) is 10.1 Å². The molecule has 150 valence electrons. The van der Waals surface area contributed by atoms with Crippen molar-refractivity contribution in [3.05, 3.63) is 110 Å². The van der Waals surface area contributed by atoms with Gasteiger partial charge in [-0.1, -0.05) is 72.3 Å². The highest BCUT2D eigenvalue weighted by Crippen LogP contribution is 2.32. The maximum absolute atomic E-state index is 13.3. The molecule has 7 heteroatoms. The summed E-state index contributed by atoms with van der Waals surface area (Å²) in [5.41, 5.74) is 0.701. The Morgan fingerprint density at radius 1 is 0.839 bits per heavy atom. The molecule has 0 N–H and O–H groups in total. The van der Waals surface area contributed by atoms with Gasteiger partial charge in [0.15, 0.2) is 0 Å². The number of nitro benzene ring substituents is 1. The van der Waals surface area contributed by atoms with Crippen LogP contribution in [0.5, 0.6) is 0 Å². The number of hydrogen-bond donors (Lipinski definition) is 0. The minimum Gasteiger partial charge on any atom is -0.267 e. The minimum absolute atomic E-state index is 0.0229. The quantitative estimate of drug-likeness (QED) is 0.270. The van der Waals surface area contributed by atoms with Gasteiger partial charge in [0.1, 0.15) is 5.69 Å². The lowest BCUT2D eigenvalue weighted by atomic mass is 9.99. The molecule has 0 aliphatic heterocycles. The van der Waals surface area contributed by atoms with E-state index in [4.69, 9.17) is 11.6 Å². The summed E-state index contributed by atoms with van der Waals surface area (Å²) in [6, 6.07) is 24.9. The van der Waals surface area contributed by atoms with E-state index in [0.717, 1.165) is 21.0 Å². The summed E-state index contributed by atoms with van der Waals surface area (Å²) in [5.74, 6) is 0. The van der Waals surface area contributed by atoms with Gasteiger partial charge in [-0.2, -0.15) is 9.78 Å². The van der Waals surface area contributed by atoms with Gasteiger partial charge in [0.2, 0.25) is 0 Å². The normalized spacial score (nSPS) is 11.1. The number of nitrogens with zero attached hydrogens (tertiary/aromatic N) is 3. The van der Waals surface area contributed by atoms with Crippen LogP contribution in [0.2, 0.25) is 5.02 Å². The van der Waals surface area contributed by atoms with Crippen LogP contribution in [0.15, 0.2) is 89.7 Å². The molecule has 0 bridgehead atoms. The molecule has 6 nitrogen and oxygen atoms in total. The van der Waals surface area contributed by atoms with Crippen LogP contribution < -0.4 is 5.56 Å². The smallest absolute Gasteiger partial charge is 0.267 e. The topological polar surface area (TPSA) is 78.0 Å². The zero-order chi connectivity index (χ0) is 21.5. The van der Waals surface area contributed by atoms with Gasteiger partial charge in [-0.05, 0) is 29.0 Å². The number of halogens is 1. The van der Waals surface area contributed by atoms with Gasteiger partial charge < -0.3 is 0 Å². The van der Waals surface area contributed by atoms with Gasteiger partial charge in [-0.25, -0.2) is 0 Å². The Labute approximate surface area is 181 Å². The first-order valence-corrected chi connectivity index (χ1v) is 9.87. The van der Waals surface area contributed by atoms with E-state index >= 15 is 0 Å². The number of rotatable bonds is 3. The van der Waals surface area contributed by atoms with E-state index < -0.39 is 10.5 Å². The highest BCUT2D eigenvalue weighted by molar-refractivity contribution is 6.30. The van der Waals surface area contributed by atoms with Crippen molar-refractivity contribution in [2.24, 2.45) is 0 Å². The molecule has 5 rings (SSSR count). The summed E-state index contributed by atoms with van der Waals surface area (Å²) in [7, 11) is 0. The van der Waals surface area contributed by atoms with Crippen molar-refractivity contribution in [2.45, 2.75) is 0 Å². The van der Waals surface area contributed by atoms with Crippen LogP contribution in [0.1, 0.15) is 0 Å². The second-order valence-electron chi connectivity index (χ2n) is 7.03. The third-order valence-electron chi connectivity index (χ3n) is 5.21. The highest BCUT2D eigenvalue weighted by atomic mass is 35.5. The van der Waals surface area contributed by atoms with E-state index in [2.05, 4.69) is 5.10 Å². The highest BCUT2D eigenvalue weighted by Gasteiger charge is 2.21. The molecular formula is C24H14ClN3O3. The van der Waals surface area contributed by atoms with Crippen molar-refractivity contribution in [1.29, 1.82) is 0 Å². The maximum atomic E-state index is 13.3. The number of aromatic nitrogens is 2. The summed E-state index contributed by atoms with van der Waals surface area (Å²) in [4.78, 5) is 24.4. The molecule has 31 heavy (non-hydrogen) atoms. The lowest BCUT2D eigenvalue weighted by Gasteiger charge is -2.13. The molecule has 5 aromatic rings. The third kappa shape index (κ3) is 3.14. The van der Waals surface area contributed by atoms with E-state index in [1.807, 2.05) is 54.6 Å². The fourth-order valence-electron chi connectivity index (χ4n) is 3.80. The van der Waals surface area contributed by atoms with Crippen LogP contribution >= 0.6 is 11.6 Å². The van der Waals surface area contributed by atoms with Gasteiger partial charge in [0.25, 0.3) is 11.2 Å². The molecular weight excluding hydrogens is 414 g/mol. The summed E-state index contributed by atoms with van der Waals surface area (Å²) in [6.07, 6.45) is 0. The first-order valence-electron chi connectivity index (χ1n) is 9.49. The first-order chi connectivity index (χ1) is 15.0. The molecule has 0 saturated heterocycles. The predicted octanol–water partition coefficient (Wildman–Crippen LogP) is 5.77. The third-order valence-corrected chi connectivity index (χ3v) is 5.45. The summed E-state index contributed by atoms with van der Waals surface area (Å²) in [6.45, 7) is 0. The Morgan fingerprint density at radius 3 is 2.29 bits per heavy atom. The van der Waals surface area contributed by atoms with Crippen molar-refractivity contribution in [1.82, 2.24) is 9.78 Å². The van der Waals surface area contributed by atoms with Gasteiger partial charge in [-0.3, -0.25) is 14.9 Å². The molecule has 1 heterocycles. The first kappa shape index (κ1) is 19.0. The maximum Gasteiger partial charge on any atom is 0.295 e. The standard InChI is InChI=1S/C24H14ClN3O3/c25-16-12-13-21(28(30)31)22(14-16)27-24(29)20-10-4-3-9-19(20)23(26-27)18-11-5-7-15-6-1-2-8-17(15)18/h1-14H. The van der Waals surface area contributed by atoms with Crippen LogP contribution in [-0.2, 0) is 0 Å². The minimum atomic E-state index is -0.549. The molecule has 0 amide bonds. The van der Waals surface area contributed by atoms with Crippen molar-refractivity contribution in [2.75, 3.05) is 0 Å². The molecule has 0 aliphatic rings. The van der Waals surface area contributed by atoms with Crippen LogP contribution in [0.25, 0.3) is 38.5 Å². The van der Waals surface area contributed by atoms with Crippen molar-refractivity contribution in [3.63, 3.8) is 0 Å². The second-order valence-corrected chi connectivity index (χ2v) is 7.46. The number of benzene rings is 4. The van der Waals surface area contributed by atoms with Gasteiger partial charge in [0.05, 0.1) is 16.0 Å². The van der Waals surface area contributed by atoms with Gasteiger partial charge >= 0.3 is 0 Å². The predicted molar refractivity (Wildman–Crippen MR) is 122 cm³/mol. The Hall–Kier alpha value is -4.03. The second kappa shape index (κ2) is 7.34. The molecule has 0 saturated carbocycles. The van der Waals surface area contributed by atoms with Crippen LogP contribution in [-0.4, -0.2) is 14.7 Å². The zero-order valence-corrected chi connectivity index (χ0v) is 16.8. The Kier molecular flexibility index (Phi) is 4.49. The molecule has 1 aromatic heterocycles. The molecule has 4 aromatic carbocycles. The summed E-state index contributed by atoms with van der Waals surface area (Å²) < 4.78 is 1.07. The van der Waals surface area contributed by atoms with Gasteiger partial charge in [-0.15, -0.1) is 0 Å². The van der Waals surface area contributed by atoms with E-state index in [9.17, 15) is 14.9 Å². The SMILES string of the molecule is O=c1c2ccccc2c(-c2cccc3ccccc23)nn1-c1cc(Cl)ccc1[N+](=O)[O-]. The van der Waals surface area contributed by atoms with Crippen molar-refractivity contribution < 1.29 is 4.92 Å². The Bertz CT molecular complexity index is 1550.